The van der Waals surface area contributed by atoms with Crippen LogP contribution in [0.4, 0.5) is 13.2 Å². The van der Waals surface area contributed by atoms with Gasteiger partial charge in [-0.2, -0.15) is 18.3 Å². The van der Waals surface area contributed by atoms with Gasteiger partial charge in [-0.25, -0.2) is 0 Å². The van der Waals surface area contributed by atoms with Gasteiger partial charge in [-0.3, -0.25) is 9.89 Å². The molecule has 1 aromatic heterocycles. The third kappa shape index (κ3) is 5.18. The Kier molecular flexibility index (Phi) is 5.35. The minimum Gasteiger partial charge on any atom is -0.468 e. The fraction of sp³-hybridized carbons (Fsp3) is 0.429. The van der Waals surface area contributed by atoms with E-state index in [4.69, 9.17) is 0 Å². The number of carbonyl (C=O) groups excluding carboxylic acids is 1. The number of alkyl halides is 3. The highest BCUT2D eigenvalue weighted by molar-refractivity contribution is 5.36. The van der Waals surface area contributed by atoms with Gasteiger partial charge in [0.2, 0.25) is 0 Å². The molecule has 1 heterocycles. The molecule has 0 bridgehead atoms. The van der Waals surface area contributed by atoms with Crippen molar-refractivity contribution in [3.63, 3.8) is 0 Å². The van der Waals surface area contributed by atoms with Crippen LogP contribution in [0.25, 0.3) is 0 Å². The summed E-state index contributed by atoms with van der Waals surface area (Å²) in [6.07, 6.45) is -3.24. The van der Waals surface area contributed by atoms with E-state index in [0.717, 1.165) is 12.3 Å². The first-order valence-corrected chi connectivity index (χ1v) is 3.64. The average molecular weight is 210 g/mol. The first kappa shape index (κ1) is 12.5. The zero-order valence-corrected chi connectivity index (χ0v) is 7.34. The molecule has 0 saturated heterocycles. The Morgan fingerprint density at radius 2 is 2.29 bits per heavy atom. The van der Waals surface area contributed by atoms with Crippen LogP contribution in [0, 0.1) is 0 Å². The first-order valence-electron chi connectivity index (χ1n) is 3.64. The molecule has 1 N–H and O–H groups in total. The molecule has 1 rings (SSSR count). The maximum atomic E-state index is 11.5. The molecular formula is C7H9F3N2O2. The second kappa shape index (κ2) is 6.01. The summed E-state index contributed by atoms with van der Waals surface area (Å²) in [7, 11) is 0. The van der Waals surface area contributed by atoms with Crippen molar-refractivity contribution < 1.29 is 22.7 Å². The van der Waals surface area contributed by atoms with Crippen LogP contribution in [-0.2, 0) is 15.7 Å². The number of hydrogen-bond donors (Lipinski definition) is 1. The van der Waals surface area contributed by atoms with E-state index in [0.29, 0.717) is 13.1 Å². The minimum atomic E-state index is -4.30. The highest BCUT2D eigenvalue weighted by atomic mass is 19.4. The molecule has 0 radical (unpaired) electrons. The van der Waals surface area contributed by atoms with Crippen molar-refractivity contribution in [2.45, 2.75) is 13.1 Å². The van der Waals surface area contributed by atoms with E-state index in [-0.39, 0.29) is 0 Å². The zero-order valence-electron chi connectivity index (χ0n) is 7.34. The Morgan fingerprint density at radius 1 is 1.64 bits per heavy atom. The Morgan fingerprint density at radius 3 is 2.43 bits per heavy atom. The van der Waals surface area contributed by atoms with Crippen LogP contribution in [0.3, 0.4) is 0 Å². The molecular weight excluding hydrogens is 201 g/mol. The van der Waals surface area contributed by atoms with Crippen LogP contribution in [0.1, 0.15) is 12.6 Å². The van der Waals surface area contributed by atoms with Crippen molar-refractivity contribution in [3.05, 3.63) is 18.0 Å². The van der Waals surface area contributed by atoms with Crippen LogP contribution >= 0.6 is 0 Å². The predicted molar refractivity (Wildman–Crippen MR) is 41.3 cm³/mol. The van der Waals surface area contributed by atoms with Crippen molar-refractivity contribution in [3.8, 4) is 0 Å². The van der Waals surface area contributed by atoms with E-state index < -0.39 is 11.9 Å². The third-order valence-electron chi connectivity index (χ3n) is 1.04. The quantitative estimate of drug-likeness (QED) is 0.754. The molecule has 14 heavy (non-hydrogen) atoms. The molecule has 0 amide bonds. The Hall–Kier alpha value is -1.53. The van der Waals surface area contributed by atoms with Gasteiger partial charge in [-0.05, 0) is 13.0 Å². The second-order valence-corrected chi connectivity index (χ2v) is 2.02. The Balaban J connectivity index is 0.000000292. The summed E-state index contributed by atoms with van der Waals surface area (Å²) in [5.74, 6) is 0. The third-order valence-corrected chi connectivity index (χ3v) is 1.04. The van der Waals surface area contributed by atoms with Gasteiger partial charge < -0.3 is 4.74 Å². The lowest BCUT2D eigenvalue weighted by atomic mass is 10.4. The molecule has 0 fully saturated rings. The van der Waals surface area contributed by atoms with Gasteiger partial charge >= 0.3 is 6.18 Å². The van der Waals surface area contributed by atoms with Crippen LogP contribution in [0.2, 0.25) is 0 Å². The van der Waals surface area contributed by atoms with Gasteiger partial charge in [-0.1, -0.05) is 0 Å². The molecule has 80 valence electrons. The van der Waals surface area contributed by atoms with Gasteiger partial charge in [0.1, 0.15) is 5.69 Å². The fourth-order valence-electron chi connectivity index (χ4n) is 0.482. The summed E-state index contributed by atoms with van der Waals surface area (Å²) < 4.78 is 38.8. The van der Waals surface area contributed by atoms with Crippen molar-refractivity contribution in [1.29, 1.82) is 0 Å². The summed E-state index contributed by atoms with van der Waals surface area (Å²) in [6, 6.07) is 0.875. The van der Waals surface area contributed by atoms with Gasteiger partial charge in [0.25, 0.3) is 6.47 Å². The van der Waals surface area contributed by atoms with Crippen molar-refractivity contribution in [2.75, 3.05) is 6.61 Å². The van der Waals surface area contributed by atoms with E-state index >= 15 is 0 Å². The molecule has 1 aromatic rings. The lowest BCUT2D eigenvalue weighted by molar-refractivity contribution is -0.141. The zero-order chi connectivity index (χ0) is 11.0. The van der Waals surface area contributed by atoms with Gasteiger partial charge in [0.15, 0.2) is 0 Å². The summed E-state index contributed by atoms with van der Waals surface area (Å²) in [6.45, 7) is 2.66. The summed E-state index contributed by atoms with van der Waals surface area (Å²) in [5, 5.41) is 4.95. The number of halogens is 3. The molecule has 0 spiro atoms. The van der Waals surface area contributed by atoms with E-state index in [1.807, 2.05) is 0 Å². The van der Waals surface area contributed by atoms with E-state index in [2.05, 4.69) is 9.84 Å². The van der Waals surface area contributed by atoms with Gasteiger partial charge in [-0.15, -0.1) is 0 Å². The van der Waals surface area contributed by atoms with Crippen molar-refractivity contribution in [2.24, 2.45) is 0 Å². The molecule has 0 unspecified atom stereocenters. The highest BCUT2D eigenvalue weighted by Gasteiger charge is 2.31. The predicted octanol–water partition coefficient (Wildman–Crippen LogP) is 1.61. The number of hydrogen-bond acceptors (Lipinski definition) is 3. The number of nitrogens with one attached hydrogen (secondary N) is 1. The number of aromatic amines is 1. The van der Waals surface area contributed by atoms with Crippen LogP contribution in [0.15, 0.2) is 12.3 Å². The molecule has 7 heteroatoms. The van der Waals surface area contributed by atoms with Gasteiger partial charge in [0, 0.05) is 6.20 Å². The summed E-state index contributed by atoms with van der Waals surface area (Å²) >= 11 is 0. The monoisotopic (exact) mass is 210 g/mol. The largest absolute Gasteiger partial charge is 0.468 e. The Bertz CT molecular complexity index is 246. The minimum absolute atomic E-state index is 0.431. The fourth-order valence-corrected chi connectivity index (χ4v) is 0.482. The standard InChI is InChI=1S/C4H3F3N2.C3H6O2/c5-4(6,7)3-1-2-8-9-3;1-2-5-3-4/h1-2H,(H,8,9);3H,2H2,1H3. The van der Waals surface area contributed by atoms with E-state index in [1.54, 1.807) is 12.0 Å². The molecule has 0 aliphatic carbocycles. The lowest BCUT2D eigenvalue weighted by Gasteiger charge is -1.99. The number of H-pyrrole nitrogens is 1. The molecule has 0 atom stereocenters. The average Bonchev–Trinajstić information content (AvgIpc) is 2.57. The normalized spacial score (nSPS) is 10.0. The maximum Gasteiger partial charge on any atom is 0.432 e. The SMILES string of the molecule is CCOC=O.FC(F)(F)c1ccn[nH]1. The maximum absolute atomic E-state index is 11.5. The van der Waals surface area contributed by atoms with Crippen LogP contribution < -0.4 is 0 Å². The van der Waals surface area contributed by atoms with Crippen molar-refractivity contribution in [1.82, 2.24) is 10.2 Å². The van der Waals surface area contributed by atoms with E-state index in [1.165, 1.54) is 0 Å². The Labute approximate surface area is 78.1 Å². The second-order valence-electron chi connectivity index (χ2n) is 2.02. The summed E-state index contributed by atoms with van der Waals surface area (Å²) in [5.41, 5.74) is -0.817. The highest BCUT2D eigenvalue weighted by Crippen LogP contribution is 2.26. The number of rotatable bonds is 2. The van der Waals surface area contributed by atoms with Crippen LogP contribution in [-0.4, -0.2) is 23.3 Å². The lowest BCUT2D eigenvalue weighted by Crippen LogP contribution is -2.04. The molecule has 0 saturated carbocycles. The molecule has 0 aliphatic rings. The molecule has 4 nitrogen and oxygen atoms in total. The molecule has 0 aliphatic heterocycles. The van der Waals surface area contributed by atoms with E-state index in [9.17, 15) is 18.0 Å². The number of ether oxygens (including phenoxy) is 1. The smallest absolute Gasteiger partial charge is 0.432 e. The number of aromatic nitrogens is 2. The van der Waals surface area contributed by atoms with Crippen LogP contribution in [0.5, 0.6) is 0 Å². The van der Waals surface area contributed by atoms with Gasteiger partial charge in [0.05, 0.1) is 6.61 Å². The van der Waals surface area contributed by atoms with Crippen molar-refractivity contribution >= 4 is 6.47 Å². The number of nitrogens with zero attached hydrogens (tertiary/aromatic N) is 1. The number of carbonyl (C=O) groups is 1. The molecule has 0 aromatic carbocycles. The first-order chi connectivity index (χ1) is 6.52. The topological polar surface area (TPSA) is 55.0 Å². The summed E-state index contributed by atoms with van der Waals surface area (Å²) in [4.78, 5) is 9.18.